The van der Waals surface area contributed by atoms with E-state index in [0.29, 0.717) is 12.1 Å². The Kier molecular flexibility index (Phi) is 3.86. The van der Waals surface area contributed by atoms with E-state index in [1.807, 2.05) is 25.1 Å². The van der Waals surface area contributed by atoms with Gasteiger partial charge in [0, 0.05) is 11.8 Å². The maximum Gasteiger partial charge on any atom is 0.251 e. The van der Waals surface area contributed by atoms with Crippen molar-refractivity contribution >= 4 is 5.91 Å². The maximum absolute atomic E-state index is 12.3. The normalized spacial score (nSPS) is 10.4. The highest BCUT2D eigenvalue weighted by Crippen LogP contribution is 2.09. The van der Waals surface area contributed by atoms with Crippen LogP contribution in [-0.4, -0.2) is 31.1 Å². The molecule has 1 N–H and O–H groups in total. The van der Waals surface area contributed by atoms with Gasteiger partial charge in [0.25, 0.3) is 5.91 Å². The Morgan fingerprint density at radius 2 is 2.18 bits per heavy atom. The van der Waals surface area contributed by atoms with E-state index in [1.165, 1.54) is 11.0 Å². The van der Waals surface area contributed by atoms with E-state index in [1.54, 1.807) is 24.4 Å². The Morgan fingerprint density at radius 1 is 1.27 bits per heavy atom. The van der Waals surface area contributed by atoms with E-state index in [-0.39, 0.29) is 5.91 Å². The third-order valence-electron chi connectivity index (χ3n) is 3.26. The molecule has 0 saturated carbocycles. The summed E-state index contributed by atoms with van der Waals surface area (Å²) in [6, 6.07) is 10.9. The SMILES string of the molecule is Cc1cccnc1CNC(=O)c1cccc(-n2cnnn2)c1. The lowest BCUT2D eigenvalue weighted by atomic mass is 10.1. The fraction of sp³-hybridized carbons (Fsp3) is 0.133. The molecule has 0 unspecified atom stereocenters. The van der Waals surface area contributed by atoms with Crippen LogP contribution in [-0.2, 0) is 6.54 Å². The molecule has 3 aromatic rings. The van der Waals surface area contributed by atoms with Crippen molar-refractivity contribution in [3.8, 4) is 5.69 Å². The summed E-state index contributed by atoms with van der Waals surface area (Å²) in [5.41, 5.74) is 3.17. The molecule has 0 atom stereocenters. The molecule has 2 aromatic heterocycles. The predicted octanol–water partition coefficient (Wildman–Crippen LogP) is 1.30. The fourth-order valence-corrected chi connectivity index (χ4v) is 2.04. The van der Waals surface area contributed by atoms with Gasteiger partial charge >= 0.3 is 0 Å². The molecule has 2 heterocycles. The molecular weight excluding hydrogens is 280 g/mol. The number of hydrogen-bond acceptors (Lipinski definition) is 5. The molecule has 7 nitrogen and oxygen atoms in total. The molecule has 1 amide bonds. The van der Waals surface area contributed by atoms with Gasteiger partial charge in [-0.3, -0.25) is 9.78 Å². The van der Waals surface area contributed by atoms with Crippen molar-refractivity contribution in [2.45, 2.75) is 13.5 Å². The van der Waals surface area contributed by atoms with Gasteiger partial charge in [-0.2, -0.15) is 0 Å². The highest BCUT2D eigenvalue weighted by atomic mass is 16.1. The van der Waals surface area contributed by atoms with Gasteiger partial charge < -0.3 is 5.32 Å². The molecule has 7 heteroatoms. The first kappa shape index (κ1) is 13.9. The van der Waals surface area contributed by atoms with E-state index >= 15 is 0 Å². The Bertz CT molecular complexity index is 784. The first-order chi connectivity index (χ1) is 10.7. The van der Waals surface area contributed by atoms with Crippen molar-refractivity contribution in [3.63, 3.8) is 0 Å². The molecule has 0 bridgehead atoms. The molecule has 1 aromatic carbocycles. The van der Waals surface area contributed by atoms with E-state index in [2.05, 4.69) is 25.8 Å². The number of pyridine rings is 1. The van der Waals surface area contributed by atoms with Gasteiger partial charge in [-0.25, -0.2) is 4.68 Å². The van der Waals surface area contributed by atoms with Crippen molar-refractivity contribution in [1.29, 1.82) is 0 Å². The zero-order valence-electron chi connectivity index (χ0n) is 12.0. The average molecular weight is 294 g/mol. The van der Waals surface area contributed by atoms with Gasteiger partial charge in [-0.1, -0.05) is 12.1 Å². The molecule has 0 aliphatic heterocycles. The lowest BCUT2D eigenvalue weighted by Crippen LogP contribution is -2.23. The molecule has 0 fully saturated rings. The average Bonchev–Trinajstić information content (AvgIpc) is 3.08. The predicted molar refractivity (Wildman–Crippen MR) is 79.3 cm³/mol. The van der Waals surface area contributed by atoms with Crippen LogP contribution in [0.4, 0.5) is 0 Å². The van der Waals surface area contributed by atoms with Gasteiger partial charge in [-0.15, -0.1) is 5.10 Å². The number of carbonyl (C=O) groups excluding carboxylic acids is 1. The summed E-state index contributed by atoms with van der Waals surface area (Å²) >= 11 is 0. The molecular formula is C15H14N6O. The topological polar surface area (TPSA) is 85.6 Å². The van der Waals surface area contributed by atoms with Gasteiger partial charge in [0.15, 0.2) is 0 Å². The molecule has 0 aliphatic carbocycles. The molecule has 0 spiro atoms. The van der Waals surface area contributed by atoms with Crippen LogP contribution in [0.3, 0.4) is 0 Å². The highest BCUT2D eigenvalue weighted by Gasteiger charge is 2.08. The van der Waals surface area contributed by atoms with Crippen LogP contribution in [0.25, 0.3) is 5.69 Å². The quantitative estimate of drug-likeness (QED) is 0.783. The Hall–Kier alpha value is -3.09. The van der Waals surface area contributed by atoms with Crippen LogP contribution >= 0.6 is 0 Å². The zero-order valence-corrected chi connectivity index (χ0v) is 12.0. The Morgan fingerprint density at radius 3 is 2.95 bits per heavy atom. The van der Waals surface area contributed by atoms with E-state index in [9.17, 15) is 4.79 Å². The second-order valence-corrected chi connectivity index (χ2v) is 4.75. The number of aromatic nitrogens is 5. The lowest BCUT2D eigenvalue weighted by molar-refractivity contribution is 0.0950. The van der Waals surface area contributed by atoms with Crippen molar-refractivity contribution in [3.05, 3.63) is 65.7 Å². The zero-order chi connectivity index (χ0) is 15.4. The minimum Gasteiger partial charge on any atom is -0.346 e. The summed E-state index contributed by atoms with van der Waals surface area (Å²) in [5.74, 6) is -0.167. The van der Waals surface area contributed by atoms with Crippen molar-refractivity contribution in [1.82, 2.24) is 30.5 Å². The monoisotopic (exact) mass is 294 g/mol. The fourth-order valence-electron chi connectivity index (χ4n) is 2.04. The molecule has 0 aliphatic rings. The minimum absolute atomic E-state index is 0.167. The summed E-state index contributed by atoms with van der Waals surface area (Å²) in [5, 5.41) is 13.8. The first-order valence-electron chi connectivity index (χ1n) is 6.76. The van der Waals surface area contributed by atoms with E-state index in [0.717, 1.165) is 16.9 Å². The van der Waals surface area contributed by atoms with Crippen molar-refractivity contribution in [2.24, 2.45) is 0 Å². The number of nitrogens with one attached hydrogen (secondary N) is 1. The van der Waals surface area contributed by atoms with Gasteiger partial charge in [0.1, 0.15) is 6.33 Å². The largest absolute Gasteiger partial charge is 0.346 e. The number of aryl methyl sites for hydroxylation is 1. The summed E-state index contributed by atoms with van der Waals surface area (Å²) < 4.78 is 1.50. The summed E-state index contributed by atoms with van der Waals surface area (Å²) in [6.07, 6.45) is 3.20. The van der Waals surface area contributed by atoms with Crippen molar-refractivity contribution in [2.75, 3.05) is 0 Å². The molecule has 0 radical (unpaired) electrons. The third kappa shape index (κ3) is 2.98. The summed E-state index contributed by atoms with van der Waals surface area (Å²) in [4.78, 5) is 16.5. The molecule has 0 saturated heterocycles. The number of tetrazole rings is 1. The molecule has 110 valence electrons. The summed E-state index contributed by atoms with van der Waals surface area (Å²) in [7, 11) is 0. The number of carbonyl (C=O) groups is 1. The molecule has 3 rings (SSSR count). The van der Waals surface area contributed by atoms with Gasteiger partial charge in [0.2, 0.25) is 0 Å². The number of amides is 1. The second kappa shape index (κ2) is 6.13. The smallest absolute Gasteiger partial charge is 0.251 e. The summed E-state index contributed by atoms with van der Waals surface area (Å²) in [6.45, 7) is 2.35. The van der Waals surface area contributed by atoms with Crippen LogP contribution in [0.5, 0.6) is 0 Å². The van der Waals surface area contributed by atoms with Crippen LogP contribution in [0.1, 0.15) is 21.6 Å². The number of nitrogens with zero attached hydrogens (tertiary/aromatic N) is 5. The van der Waals surface area contributed by atoms with Crippen LogP contribution in [0.2, 0.25) is 0 Å². The highest BCUT2D eigenvalue weighted by molar-refractivity contribution is 5.94. The van der Waals surface area contributed by atoms with Crippen molar-refractivity contribution < 1.29 is 4.79 Å². The molecule has 22 heavy (non-hydrogen) atoms. The lowest BCUT2D eigenvalue weighted by Gasteiger charge is -2.08. The van der Waals surface area contributed by atoms with Crippen LogP contribution < -0.4 is 5.32 Å². The van der Waals surface area contributed by atoms with Crippen LogP contribution in [0.15, 0.2) is 48.9 Å². The third-order valence-corrected chi connectivity index (χ3v) is 3.26. The second-order valence-electron chi connectivity index (χ2n) is 4.75. The maximum atomic E-state index is 12.3. The van der Waals surface area contributed by atoms with E-state index in [4.69, 9.17) is 0 Å². The number of hydrogen-bond donors (Lipinski definition) is 1. The standard InChI is InChI=1S/C15H14N6O/c1-11-4-3-7-16-14(11)9-17-15(22)12-5-2-6-13(8-12)21-10-18-19-20-21/h2-8,10H,9H2,1H3,(H,17,22). The first-order valence-corrected chi connectivity index (χ1v) is 6.76. The van der Waals surface area contributed by atoms with Gasteiger partial charge in [0.05, 0.1) is 17.9 Å². The van der Waals surface area contributed by atoms with Gasteiger partial charge in [-0.05, 0) is 47.2 Å². The Labute approximate surface area is 127 Å². The Balaban J connectivity index is 1.73. The van der Waals surface area contributed by atoms with E-state index < -0.39 is 0 Å². The van der Waals surface area contributed by atoms with Crippen LogP contribution in [0, 0.1) is 6.92 Å². The number of benzene rings is 1. The minimum atomic E-state index is -0.167. The number of rotatable bonds is 4.